The Morgan fingerprint density at radius 1 is 1.56 bits per heavy atom. The molecule has 1 amide bonds. The molecular formula is C13H18N4O. The zero-order valence-corrected chi connectivity index (χ0v) is 10.9. The maximum Gasteiger partial charge on any atom is 0.271 e. The maximum absolute atomic E-state index is 11.9. The summed E-state index contributed by atoms with van der Waals surface area (Å²) in [4.78, 5) is 16.2. The first-order valence-electron chi connectivity index (χ1n) is 6.01. The monoisotopic (exact) mass is 246 g/mol. The number of carbonyl (C=O) groups is 1. The highest BCUT2D eigenvalue weighted by Gasteiger charge is 2.11. The lowest BCUT2D eigenvalue weighted by Crippen LogP contribution is -2.37. The number of aryl methyl sites for hydroxylation is 1. The van der Waals surface area contributed by atoms with Crippen LogP contribution in [0.4, 0.5) is 0 Å². The summed E-state index contributed by atoms with van der Waals surface area (Å²) in [5, 5.41) is 5.91. The van der Waals surface area contributed by atoms with Gasteiger partial charge in [0.25, 0.3) is 5.91 Å². The van der Waals surface area contributed by atoms with Gasteiger partial charge in [-0.3, -0.25) is 4.79 Å². The van der Waals surface area contributed by atoms with E-state index in [2.05, 4.69) is 15.6 Å². The van der Waals surface area contributed by atoms with E-state index in [1.165, 1.54) is 0 Å². The largest absolute Gasteiger partial charge is 0.349 e. The predicted molar refractivity (Wildman–Crippen MR) is 70.8 cm³/mol. The molecule has 2 rings (SSSR count). The minimum Gasteiger partial charge on any atom is -0.349 e. The summed E-state index contributed by atoms with van der Waals surface area (Å²) in [5.74, 6) is -0.140. The zero-order chi connectivity index (χ0) is 13.1. The van der Waals surface area contributed by atoms with E-state index < -0.39 is 0 Å². The van der Waals surface area contributed by atoms with Crippen molar-refractivity contribution in [1.82, 2.24) is 20.0 Å². The second-order valence-electron chi connectivity index (χ2n) is 4.50. The van der Waals surface area contributed by atoms with E-state index >= 15 is 0 Å². The molecule has 96 valence electrons. The second kappa shape index (κ2) is 5.18. The van der Waals surface area contributed by atoms with Crippen LogP contribution in [0.15, 0.2) is 24.5 Å². The number of likely N-dealkylation sites (N-methyl/N-ethyl adjacent to an activating group) is 1. The molecule has 1 atom stereocenters. The number of hydrogen-bond acceptors (Lipinski definition) is 3. The van der Waals surface area contributed by atoms with E-state index in [4.69, 9.17) is 0 Å². The minimum atomic E-state index is -0.140. The smallest absolute Gasteiger partial charge is 0.271 e. The Labute approximate surface area is 106 Å². The molecular weight excluding hydrogens is 228 g/mol. The van der Waals surface area contributed by atoms with Crippen LogP contribution in [-0.4, -0.2) is 34.9 Å². The molecule has 0 saturated carbocycles. The Morgan fingerprint density at radius 3 is 3.06 bits per heavy atom. The quantitative estimate of drug-likeness (QED) is 0.845. The fraction of sp³-hybridized carbons (Fsp3) is 0.385. The van der Waals surface area contributed by atoms with Crippen molar-refractivity contribution in [3.05, 3.63) is 35.8 Å². The molecule has 5 nitrogen and oxygen atoms in total. The Morgan fingerprint density at radius 2 is 2.33 bits per heavy atom. The Balaban J connectivity index is 2.13. The summed E-state index contributed by atoms with van der Waals surface area (Å²) in [6.07, 6.45) is 3.65. The molecule has 0 spiro atoms. The molecule has 2 heterocycles. The molecule has 2 aromatic rings. The van der Waals surface area contributed by atoms with Crippen LogP contribution in [0.2, 0.25) is 0 Å². The highest BCUT2D eigenvalue weighted by atomic mass is 16.1. The lowest BCUT2D eigenvalue weighted by Gasteiger charge is -2.09. The van der Waals surface area contributed by atoms with E-state index in [1.807, 2.05) is 43.6 Å². The van der Waals surface area contributed by atoms with Gasteiger partial charge in [0, 0.05) is 25.0 Å². The van der Waals surface area contributed by atoms with Crippen molar-refractivity contribution in [2.75, 3.05) is 13.6 Å². The number of amides is 1. The fourth-order valence-corrected chi connectivity index (χ4v) is 1.63. The molecule has 0 aromatic carbocycles. The third-order valence-electron chi connectivity index (χ3n) is 2.91. The number of nitrogens with one attached hydrogen (secondary N) is 2. The van der Waals surface area contributed by atoms with Crippen LogP contribution in [0.1, 0.15) is 23.0 Å². The van der Waals surface area contributed by atoms with Gasteiger partial charge < -0.3 is 15.0 Å². The van der Waals surface area contributed by atoms with Crippen molar-refractivity contribution in [2.24, 2.45) is 0 Å². The number of hydrogen-bond donors (Lipinski definition) is 2. The summed E-state index contributed by atoms with van der Waals surface area (Å²) < 4.78 is 1.85. The normalized spacial score (nSPS) is 12.6. The first-order valence-corrected chi connectivity index (χ1v) is 6.01. The first-order chi connectivity index (χ1) is 8.60. The van der Waals surface area contributed by atoms with Crippen LogP contribution < -0.4 is 10.6 Å². The molecule has 0 aliphatic rings. The molecule has 1 unspecified atom stereocenters. The summed E-state index contributed by atoms with van der Waals surface area (Å²) >= 11 is 0. The van der Waals surface area contributed by atoms with E-state index in [9.17, 15) is 4.79 Å². The molecule has 5 heteroatoms. The number of rotatable bonds is 4. The van der Waals surface area contributed by atoms with Crippen molar-refractivity contribution < 1.29 is 4.79 Å². The van der Waals surface area contributed by atoms with Gasteiger partial charge in [0.1, 0.15) is 11.3 Å². The molecule has 0 aliphatic heterocycles. The number of nitrogens with zero attached hydrogens (tertiary/aromatic N) is 2. The molecule has 0 bridgehead atoms. The topological polar surface area (TPSA) is 58.4 Å². The van der Waals surface area contributed by atoms with Crippen LogP contribution in [0, 0.1) is 6.92 Å². The standard InChI is InChI=1S/C13H18N4O/c1-9-4-5-17-8-11(16-12(17)6-9)13(18)15-7-10(2)14-3/h4-6,8,10,14H,7H2,1-3H3,(H,15,18). The Hall–Kier alpha value is -1.88. The van der Waals surface area contributed by atoms with Gasteiger partial charge in [-0.05, 0) is 38.6 Å². The van der Waals surface area contributed by atoms with Crippen LogP contribution >= 0.6 is 0 Å². The molecule has 0 saturated heterocycles. The van der Waals surface area contributed by atoms with Gasteiger partial charge in [-0.15, -0.1) is 0 Å². The Bertz CT molecular complexity index is 561. The third-order valence-corrected chi connectivity index (χ3v) is 2.91. The van der Waals surface area contributed by atoms with Crippen LogP contribution in [0.3, 0.4) is 0 Å². The van der Waals surface area contributed by atoms with Crippen molar-refractivity contribution in [3.63, 3.8) is 0 Å². The number of pyridine rings is 1. The van der Waals surface area contributed by atoms with Gasteiger partial charge in [0.2, 0.25) is 0 Å². The van der Waals surface area contributed by atoms with E-state index in [1.54, 1.807) is 6.20 Å². The second-order valence-corrected chi connectivity index (χ2v) is 4.50. The molecule has 0 aliphatic carbocycles. The Kier molecular flexibility index (Phi) is 3.62. The first kappa shape index (κ1) is 12.6. The van der Waals surface area contributed by atoms with Crippen molar-refractivity contribution in [2.45, 2.75) is 19.9 Å². The van der Waals surface area contributed by atoms with Crippen LogP contribution in [0.25, 0.3) is 5.65 Å². The van der Waals surface area contributed by atoms with E-state index in [-0.39, 0.29) is 11.9 Å². The number of carbonyl (C=O) groups excluding carboxylic acids is 1. The summed E-state index contributed by atoms with van der Waals surface area (Å²) in [6, 6.07) is 4.18. The average molecular weight is 246 g/mol. The molecule has 2 N–H and O–H groups in total. The molecule has 2 aromatic heterocycles. The highest BCUT2D eigenvalue weighted by Crippen LogP contribution is 2.07. The van der Waals surface area contributed by atoms with Gasteiger partial charge in [0.05, 0.1) is 0 Å². The summed E-state index contributed by atoms with van der Waals surface area (Å²) in [6.45, 7) is 4.60. The zero-order valence-electron chi connectivity index (χ0n) is 10.9. The molecule has 0 fully saturated rings. The van der Waals surface area contributed by atoms with Crippen molar-refractivity contribution >= 4 is 11.6 Å². The SMILES string of the molecule is CNC(C)CNC(=O)c1cn2ccc(C)cc2n1. The third kappa shape index (κ3) is 2.68. The molecule has 0 radical (unpaired) electrons. The van der Waals surface area contributed by atoms with Gasteiger partial charge >= 0.3 is 0 Å². The number of fused-ring (bicyclic) bond motifs is 1. The average Bonchev–Trinajstić information content (AvgIpc) is 2.78. The lowest BCUT2D eigenvalue weighted by atomic mass is 10.3. The van der Waals surface area contributed by atoms with Crippen LogP contribution in [-0.2, 0) is 0 Å². The molecule has 18 heavy (non-hydrogen) atoms. The lowest BCUT2D eigenvalue weighted by molar-refractivity contribution is 0.0946. The number of aromatic nitrogens is 2. The number of imidazole rings is 1. The van der Waals surface area contributed by atoms with Gasteiger partial charge in [0.15, 0.2) is 0 Å². The highest BCUT2D eigenvalue weighted by molar-refractivity contribution is 5.92. The van der Waals surface area contributed by atoms with Gasteiger partial charge in [-0.1, -0.05) is 0 Å². The van der Waals surface area contributed by atoms with Gasteiger partial charge in [-0.2, -0.15) is 0 Å². The van der Waals surface area contributed by atoms with Crippen molar-refractivity contribution in [3.8, 4) is 0 Å². The summed E-state index contributed by atoms with van der Waals surface area (Å²) in [5.41, 5.74) is 2.37. The van der Waals surface area contributed by atoms with E-state index in [0.717, 1.165) is 11.2 Å². The van der Waals surface area contributed by atoms with Gasteiger partial charge in [-0.25, -0.2) is 4.98 Å². The van der Waals surface area contributed by atoms with Crippen LogP contribution in [0.5, 0.6) is 0 Å². The predicted octanol–water partition coefficient (Wildman–Crippen LogP) is 0.980. The van der Waals surface area contributed by atoms with Crippen molar-refractivity contribution in [1.29, 1.82) is 0 Å². The summed E-state index contributed by atoms with van der Waals surface area (Å²) in [7, 11) is 1.87. The minimum absolute atomic E-state index is 0.140. The maximum atomic E-state index is 11.9. The fourth-order valence-electron chi connectivity index (χ4n) is 1.63. The van der Waals surface area contributed by atoms with E-state index in [0.29, 0.717) is 12.2 Å².